The Labute approximate surface area is 122 Å². The Morgan fingerprint density at radius 2 is 2.38 bits per heavy atom. The van der Waals surface area contributed by atoms with Gasteiger partial charge in [0.15, 0.2) is 5.69 Å². The van der Waals surface area contributed by atoms with Crippen LogP contribution in [0.2, 0.25) is 0 Å². The number of nitrogens with zero attached hydrogens (tertiary/aromatic N) is 2. The molecule has 0 aromatic carbocycles. The zero-order valence-corrected chi connectivity index (χ0v) is 12.2. The molecule has 6 heteroatoms. The van der Waals surface area contributed by atoms with Gasteiger partial charge in [0, 0.05) is 24.7 Å². The van der Waals surface area contributed by atoms with Gasteiger partial charge in [0.1, 0.15) is 11.5 Å². The van der Waals surface area contributed by atoms with Gasteiger partial charge in [-0.3, -0.25) is 9.48 Å². The topological polar surface area (TPSA) is 80.3 Å². The Morgan fingerprint density at radius 3 is 3.10 bits per heavy atom. The van der Waals surface area contributed by atoms with E-state index < -0.39 is 0 Å². The lowest BCUT2D eigenvalue weighted by Crippen LogP contribution is -2.26. The van der Waals surface area contributed by atoms with Crippen molar-refractivity contribution >= 4 is 5.91 Å². The van der Waals surface area contributed by atoms with Crippen LogP contribution in [0.5, 0.6) is 0 Å². The maximum Gasteiger partial charge on any atom is 0.272 e. The normalized spacial score (nSPS) is 17.6. The number of hydrogen-bond donors (Lipinski definition) is 2. The van der Waals surface area contributed by atoms with Crippen LogP contribution in [-0.4, -0.2) is 26.9 Å². The molecule has 1 amide bonds. The number of aliphatic hydroxyl groups is 1. The monoisotopic (exact) mass is 289 g/mol. The molecule has 112 valence electrons. The fourth-order valence-electron chi connectivity index (χ4n) is 2.78. The number of nitrogens with one attached hydrogen (secondary N) is 1. The van der Waals surface area contributed by atoms with E-state index in [-0.39, 0.29) is 12.0 Å². The zero-order chi connectivity index (χ0) is 15.0. The average molecular weight is 289 g/mol. The first-order chi connectivity index (χ1) is 10.0. The molecule has 0 radical (unpaired) electrons. The number of aliphatic hydroxyl groups excluding tert-OH is 1. The summed E-state index contributed by atoms with van der Waals surface area (Å²) in [5, 5.41) is 16.9. The molecule has 0 fully saturated rings. The van der Waals surface area contributed by atoms with Gasteiger partial charge in [0.05, 0.1) is 12.6 Å². The number of rotatable bonds is 3. The first kappa shape index (κ1) is 13.9. The molecule has 0 spiro atoms. The number of aromatic nitrogens is 2. The Balaban J connectivity index is 1.76. The molecule has 21 heavy (non-hydrogen) atoms. The summed E-state index contributed by atoms with van der Waals surface area (Å²) in [6, 6.07) is 3.70. The van der Waals surface area contributed by atoms with E-state index in [0.717, 1.165) is 29.9 Å². The van der Waals surface area contributed by atoms with Crippen LogP contribution in [0.3, 0.4) is 0 Å². The molecule has 2 aromatic rings. The van der Waals surface area contributed by atoms with Crippen molar-refractivity contribution < 1.29 is 14.3 Å². The maximum atomic E-state index is 12.3. The summed E-state index contributed by atoms with van der Waals surface area (Å²) in [7, 11) is 1.84. The molecule has 1 aliphatic carbocycles. The van der Waals surface area contributed by atoms with E-state index >= 15 is 0 Å². The molecule has 2 N–H and O–H groups in total. The third-order valence-corrected chi connectivity index (χ3v) is 3.86. The highest BCUT2D eigenvalue weighted by Crippen LogP contribution is 2.24. The van der Waals surface area contributed by atoms with Gasteiger partial charge in [-0.15, -0.1) is 0 Å². The molecule has 0 saturated carbocycles. The van der Waals surface area contributed by atoms with E-state index in [1.807, 2.05) is 26.1 Å². The van der Waals surface area contributed by atoms with Crippen molar-refractivity contribution in [3.8, 4) is 0 Å². The van der Waals surface area contributed by atoms with Crippen LogP contribution in [0.15, 0.2) is 16.5 Å². The van der Waals surface area contributed by atoms with Crippen LogP contribution in [0.25, 0.3) is 0 Å². The zero-order valence-electron chi connectivity index (χ0n) is 12.2. The molecule has 2 aromatic heterocycles. The van der Waals surface area contributed by atoms with Crippen LogP contribution in [0.1, 0.15) is 39.7 Å². The van der Waals surface area contributed by atoms with Crippen molar-refractivity contribution in [2.75, 3.05) is 0 Å². The summed E-state index contributed by atoms with van der Waals surface area (Å²) in [4.78, 5) is 12.3. The molecule has 0 aliphatic heterocycles. The summed E-state index contributed by atoms with van der Waals surface area (Å²) >= 11 is 0. The highest BCUT2D eigenvalue weighted by Gasteiger charge is 2.27. The van der Waals surface area contributed by atoms with E-state index in [4.69, 9.17) is 4.42 Å². The van der Waals surface area contributed by atoms with Crippen molar-refractivity contribution in [3.63, 3.8) is 0 Å². The number of amides is 1. The lowest BCUT2D eigenvalue weighted by molar-refractivity contribution is 0.0940. The maximum absolute atomic E-state index is 12.3. The van der Waals surface area contributed by atoms with Gasteiger partial charge in [-0.25, -0.2) is 0 Å². The van der Waals surface area contributed by atoms with Crippen molar-refractivity contribution in [1.29, 1.82) is 0 Å². The average Bonchev–Trinajstić information content (AvgIpc) is 3.00. The minimum atomic E-state index is -0.388. The summed E-state index contributed by atoms with van der Waals surface area (Å²) < 4.78 is 7.17. The SMILES string of the molecule is Cc1ccc(CNC(=O)c2nn(C)c3c2CC(O)CC3)o1. The van der Waals surface area contributed by atoms with Crippen LogP contribution in [-0.2, 0) is 26.4 Å². The Kier molecular flexibility index (Phi) is 3.55. The van der Waals surface area contributed by atoms with Gasteiger partial charge in [0.2, 0.25) is 0 Å². The second-order valence-corrected chi connectivity index (χ2v) is 5.49. The van der Waals surface area contributed by atoms with E-state index in [9.17, 15) is 9.90 Å². The van der Waals surface area contributed by atoms with Gasteiger partial charge in [-0.1, -0.05) is 0 Å². The molecule has 1 atom stereocenters. The molecule has 1 aliphatic rings. The fourth-order valence-corrected chi connectivity index (χ4v) is 2.78. The molecule has 0 bridgehead atoms. The van der Waals surface area contributed by atoms with Crippen molar-refractivity contribution in [3.05, 3.63) is 40.6 Å². The highest BCUT2D eigenvalue weighted by atomic mass is 16.3. The predicted molar refractivity (Wildman–Crippen MR) is 75.9 cm³/mol. The summed E-state index contributed by atoms with van der Waals surface area (Å²) in [5.41, 5.74) is 2.32. The van der Waals surface area contributed by atoms with E-state index in [1.54, 1.807) is 4.68 Å². The number of fused-ring (bicyclic) bond motifs is 1. The van der Waals surface area contributed by atoms with E-state index in [1.165, 1.54) is 0 Å². The predicted octanol–water partition coefficient (Wildman–Crippen LogP) is 1.10. The Bertz CT molecular complexity index is 672. The molecule has 0 saturated heterocycles. The van der Waals surface area contributed by atoms with Gasteiger partial charge in [-0.05, 0) is 31.9 Å². The third-order valence-electron chi connectivity index (χ3n) is 3.86. The van der Waals surface area contributed by atoms with Gasteiger partial charge in [-0.2, -0.15) is 5.10 Å². The molecule has 1 unspecified atom stereocenters. The summed E-state index contributed by atoms with van der Waals surface area (Å²) in [6.45, 7) is 2.20. The van der Waals surface area contributed by atoms with Crippen molar-refractivity contribution in [1.82, 2.24) is 15.1 Å². The largest absolute Gasteiger partial charge is 0.465 e. The quantitative estimate of drug-likeness (QED) is 0.886. The molecular formula is C15H19N3O3. The standard InChI is InChI=1S/C15H19N3O3/c1-9-3-5-11(21-9)8-16-15(20)14-12-7-10(19)4-6-13(12)18(2)17-14/h3,5,10,19H,4,6-8H2,1-2H3,(H,16,20). The summed E-state index contributed by atoms with van der Waals surface area (Å²) in [5.74, 6) is 1.30. The van der Waals surface area contributed by atoms with E-state index in [2.05, 4.69) is 10.4 Å². The third kappa shape index (κ3) is 2.71. The van der Waals surface area contributed by atoms with Gasteiger partial charge in [0.25, 0.3) is 5.91 Å². The van der Waals surface area contributed by atoms with Crippen molar-refractivity contribution in [2.24, 2.45) is 7.05 Å². The lowest BCUT2D eigenvalue weighted by Gasteiger charge is -2.18. The number of carbonyl (C=O) groups is 1. The van der Waals surface area contributed by atoms with Crippen LogP contribution in [0.4, 0.5) is 0 Å². The number of carbonyl (C=O) groups excluding carboxylic acids is 1. The first-order valence-electron chi connectivity index (χ1n) is 7.11. The molecule has 3 rings (SSSR count). The van der Waals surface area contributed by atoms with Gasteiger partial charge < -0.3 is 14.8 Å². The van der Waals surface area contributed by atoms with E-state index in [0.29, 0.717) is 24.4 Å². The summed E-state index contributed by atoms with van der Waals surface area (Å²) in [6.07, 6.45) is 1.58. The Morgan fingerprint density at radius 1 is 1.57 bits per heavy atom. The minimum absolute atomic E-state index is 0.227. The number of aryl methyl sites for hydroxylation is 2. The van der Waals surface area contributed by atoms with Crippen LogP contribution >= 0.6 is 0 Å². The lowest BCUT2D eigenvalue weighted by atomic mass is 9.93. The van der Waals surface area contributed by atoms with Gasteiger partial charge >= 0.3 is 0 Å². The second kappa shape index (κ2) is 5.37. The smallest absolute Gasteiger partial charge is 0.272 e. The highest BCUT2D eigenvalue weighted by molar-refractivity contribution is 5.94. The van der Waals surface area contributed by atoms with Crippen LogP contribution < -0.4 is 5.32 Å². The van der Waals surface area contributed by atoms with Crippen molar-refractivity contribution in [2.45, 2.75) is 38.8 Å². The number of hydrogen-bond acceptors (Lipinski definition) is 4. The van der Waals surface area contributed by atoms with Crippen LogP contribution in [0, 0.1) is 6.92 Å². The number of furan rings is 1. The fraction of sp³-hybridized carbons (Fsp3) is 0.467. The first-order valence-corrected chi connectivity index (χ1v) is 7.11. The molecule has 6 nitrogen and oxygen atoms in total. The second-order valence-electron chi connectivity index (χ2n) is 5.49. The molecule has 2 heterocycles. The molecular weight excluding hydrogens is 270 g/mol. The Hall–Kier alpha value is -2.08. The minimum Gasteiger partial charge on any atom is -0.465 e.